The molecular weight excluding hydrogens is 242 g/mol. The molecule has 5 heteroatoms. The second-order valence-corrected chi connectivity index (χ2v) is 4.69. The van der Waals surface area contributed by atoms with E-state index in [1.165, 1.54) is 0 Å². The molecule has 2 amide bonds. The Labute approximate surface area is 113 Å². The van der Waals surface area contributed by atoms with Crippen LogP contribution < -0.4 is 16.8 Å². The Morgan fingerprint density at radius 2 is 2.05 bits per heavy atom. The smallest absolute Gasteiger partial charge is 0.248 e. The van der Waals surface area contributed by atoms with Crippen LogP contribution in [0.1, 0.15) is 36.2 Å². The number of primary amides is 1. The molecule has 5 nitrogen and oxygen atoms in total. The second kappa shape index (κ2) is 6.89. The first-order valence-electron chi connectivity index (χ1n) is 6.37. The van der Waals surface area contributed by atoms with E-state index in [2.05, 4.69) is 5.32 Å². The van der Waals surface area contributed by atoms with E-state index in [-0.39, 0.29) is 11.8 Å². The minimum Gasteiger partial charge on any atom is -0.366 e. The molecule has 1 rings (SSSR count). The van der Waals surface area contributed by atoms with Crippen LogP contribution >= 0.6 is 0 Å². The monoisotopic (exact) mass is 263 g/mol. The maximum absolute atomic E-state index is 11.8. The van der Waals surface area contributed by atoms with Crippen LogP contribution in [0.4, 0.5) is 0 Å². The van der Waals surface area contributed by atoms with Gasteiger partial charge in [-0.15, -0.1) is 0 Å². The third kappa shape index (κ3) is 4.37. The number of rotatable bonds is 6. The summed E-state index contributed by atoms with van der Waals surface area (Å²) in [4.78, 5) is 22.9. The highest BCUT2D eigenvalue weighted by Gasteiger charge is 2.18. The van der Waals surface area contributed by atoms with E-state index in [1.807, 2.05) is 19.9 Å². The second-order valence-electron chi connectivity index (χ2n) is 4.69. The Morgan fingerprint density at radius 3 is 2.63 bits per heavy atom. The topological polar surface area (TPSA) is 98.2 Å². The summed E-state index contributed by atoms with van der Waals surface area (Å²) in [5.74, 6) is -0.528. The van der Waals surface area contributed by atoms with Gasteiger partial charge in [-0.1, -0.05) is 32.4 Å². The molecule has 19 heavy (non-hydrogen) atoms. The van der Waals surface area contributed by atoms with Crippen LogP contribution in [0.2, 0.25) is 0 Å². The van der Waals surface area contributed by atoms with Crippen LogP contribution in [0, 0.1) is 5.92 Å². The van der Waals surface area contributed by atoms with Crippen LogP contribution in [0.15, 0.2) is 24.3 Å². The summed E-state index contributed by atoms with van der Waals surface area (Å²) in [5.41, 5.74) is 12.3. The number of carbonyl (C=O) groups excluding carboxylic acids is 2. The van der Waals surface area contributed by atoms with Gasteiger partial charge in [0.2, 0.25) is 11.8 Å². The highest BCUT2D eigenvalue weighted by molar-refractivity contribution is 5.92. The van der Waals surface area contributed by atoms with Gasteiger partial charge in [0.15, 0.2) is 0 Å². The molecular formula is C14H21N3O2. The van der Waals surface area contributed by atoms with Gasteiger partial charge in [0, 0.05) is 12.1 Å². The number of nitrogens with two attached hydrogens (primary N) is 2. The SMILES string of the molecule is CCC(C)[C@H](N)C(=O)NCc1cccc(C(N)=O)c1. The first kappa shape index (κ1) is 15.2. The molecule has 0 aliphatic rings. The molecule has 0 saturated heterocycles. The summed E-state index contributed by atoms with van der Waals surface area (Å²) in [7, 11) is 0. The number of hydrogen-bond acceptors (Lipinski definition) is 3. The van der Waals surface area contributed by atoms with Crippen molar-refractivity contribution >= 4 is 11.8 Å². The van der Waals surface area contributed by atoms with Crippen molar-refractivity contribution < 1.29 is 9.59 Å². The molecule has 0 aliphatic carbocycles. The maximum atomic E-state index is 11.8. The van der Waals surface area contributed by atoms with E-state index in [9.17, 15) is 9.59 Å². The standard InChI is InChI=1S/C14H21N3O2/c1-3-9(2)12(15)14(19)17-8-10-5-4-6-11(7-10)13(16)18/h4-7,9,12H,3,8,15H2,1-2H3,(H2,16,18)(H,17,19)/t9?,12-/m0/s1. The predicted octanol–water partition coefficient (Wildman–Crippen LogP) is 0.775. The van der Waals surface area contributed by atoms with E-state index >= 15 is 0 Å². The minimum atomic E-state index is -0.510. The predicted molar refractivity (Wildman–Crippen MR) is 74.2 cm³/mol. The summed E-state index contributed by atoms with van der Waals surface area (Å²) >= 11 is 0. The van der Waals surface area contributed by atoms with Crippen molar-refractivity contribution in [1.82, 2.24) is 5.32 Å². The largest absolute Gasteiger partial charge is 0.366 e. The van der Waals surface area contributed by atoms with Crippen molar-refractivity contribution in [2.45, 2.75) is 32.9 Å². The van der Waals surface area contributed by atoms with E-state index in [0.717, 1.165) is 12.0 Å². The molecule has 5 N–H and O–H groups in total. The Balaban J connectivity index is 2.59. The number of amides is 2. The van der Waals surface area contributed by atoms with Crippen molar-refractivity contribution in [3.8, 4) is 0 Å². The normalized spacial score (nSPS) is 13.6. The highest BCUT2D eigenvalue weighted by Crippen LogP contribution is 2.07. The van der Waals surface area contributed by atoms with Gasteiger partial charge in [0.25, 0.3) is 0 Å². The zero-order chi connectivity index (χ0) is 14.4. The summed E-state index contributed by atoms with van der Waals surface area (Å²) in [6.07, 6.45) is 0.853. The molecule has 104 valence electrons. The number of carbonyl (C=O) groups is 2. The maximum Gasteiger partial charge on any atom is 0.248 e. The molecule has 1 aromatic carbocycles. The van der Waals surface area contributed by atoms with E-state index in [1.54, 1.807) is 18.2 Å². The van der Waals surface area contributed by atoms with E-state index in [4.69, 9.17) is 11.5 Å². The third-order valence-corrected chi connectivity index (χ3v) is 3.24. The summed E-state index contributed by atoms with van der Waals surface area (Å²) in [6, 6.07) is 6.34. The lowest BCUT2D eigenvalue weighted by molar-refractivity contribution is -0.123. The van der Waals surface area contributed by atoms with Crippen LogP contribution in [0.25, 0.3) is 0 Å². The molecule has 2 atom stereocenters. The fraction of sp³-hybridized carbons (Fsp3) is 0.429. The molecule has 0 bridgehead atoms. The Hall–Kier alpha value is -1.88. The number of benzene rings is 1. The van der Waals surface area contributed by atoms with Gasteiger partial charge in [-0.25, -0.2) is 0 Å². The lowest BCUT2D eigenvalue weighted by Crippen LogP contribution is -2.44. The number of nitrogens with one attached hydrogen (secondary N) is 1. The molecule has 0 aromatic heterocycles. The van der Waals surface area contributed by atoms with Crippen LogP contribution in [-0.2, 0) is 11.3 Å². The van der Waals surface area contributed by atoms with Crippen molar-refractivity contribution in [2.75, 3.05) is 0 Å². The highest BCUT2D eigenvalue weighted by atomic mass is 16.2. The molecule has 0 saturated carbocycles. The molecule has 0 spiro atoms. The van der Waals surface area contributed by atoms with Crippen molar-refractivity contribution in [2.24, 2.45) is 17.4 Å². The van der Waals surface area contributed by atoms with Gasteiger partial charge < -0.3 is 16.8 Å². The average Bonchev–Trinajstić information content (AvgIpc) is 2.43. The van der Waals surface area contributed by atoms with Crippen LogP contribution in [-0.4, -0.2) is 17.9 Å². The Kier molecular flexibility index (Phi) is 5.51. The Morgan fingerprint density at radius 1 is 1.37 bits per heavy atom. The summed E-state index contributed by atoms with van der Waals surface area (Å²) < 4.78 is 0. The molecule has 0 heterocycles. The fourth-order valence-electron chi connectivity index (χ4n) is 1.65. The summed E-state index contributed by atoms with van der Waals surface area (Å²) in [6.45, 7) is 4.27. The zero-order valence-corrected chi connectivity index (χ0v) is 11.3. The zero-order valence-electron chi connectivity index (χ0n) is 11.3. The van der Waals surface area contributed by atoms with E-state index < -0.39 is 11.9 Å². The Bertz CT molecular complexity index is 460. The first-order valence-corrected chi connectivity index (χ1v) is 6.37. The van der Waals surface area contributed by atoms with Gasteiger partial charge in [0.05, 0.1) is 6.04 Å². The quantitative estimate of drug-likeness (QED) is 0.707. The molecule has 1 aromatic rings. The van der Waals surface area contributed by atoms with Gasteiger partial charge in [0.1, 0.15) is 0 Å². The third-order valence-electron chi connectivity index (χ3n) is 3.24. The summed E-state index contributed by atoms with van der Waals surface area (Å²) in [5, 5.41) is 2.76. The van der Waals surface area contributed by atoms with Crippen molar-refractivity contribution in [3.05, 3.63) is 35.4 Å². The van der Waals surface area contributed by atoms with Gasteiger partial charge in [-0.3, -0.25) is 9.59 Å². The van der Waals surface area contributed by atoms with Crippen molar-refractivity contribution in [3.63, 3.8) is 0 Å². The van der Waals surface area contributed by atoms with Gasteiger partial charge in [-0.05, 0) is 23.6 Å². The molecule has 0 radical (unpaired) electrons. The van der Waals surface area contributed by atoms with Crippen molar-refractivity contribution in [1.29, 1.82) is 0 Å². The molecule has 0 fully saturated rings. The molecule has 0 aliphatic heterocycles. The first-order chi connectivity index (χ1) is 8.95. The fourth-order valence-corrected chi connectivity index (χ4v) is 1.65. The minimum absolute atomic E-state index is 0.136. The molecule has 1 unspecified atom stereocenters. The lowest BCUT2D eigenvalue weighted by Gasteiger charge is -2.17. The van der Waals surface area contributed by atoms with Crippen LogP contribution in [0.3, 0.4) is 0 Å². The lowest BCUT2D eigenvalue weighted by atomic mass is 9.99. The number of hydrogen-bond donors (Lipinski definition) is 3. The average molecular weight is 263 g/mol. The van der Waals surface area contributed by atoms with Crippen LogP contribution in [0.5, 0.6) is 0 Å². The van der Waals surface area contributed by atoms with Gasteiger partial charge >= 0.3 is 0 Å². The van der Waals surface area contributed by atoms with E-state index in [0.29, 0.717) is 12.1 Å². The van der Waals surface area contributed by atoms with Gasteiger partial charge in [-0.2, -0.15) is 0 Å².